The van der Waals surface area contributed by atoms with Crippen LogP contribution in [-0.4, -0.2) is 9.13 Å². The number of hydrogen-bond acceptors (Lipinski definition) is 1. The van der Waals surface area contributed by atoms with Gasteiger partial charge in [0.25, 0.3) is 0 Å². The molecule has 0 unspecified atom stereocenters. The highest BCUT2D eigenvalue weighted by molar-refractivity contribution is 6.39. The van der Waals surface area contributed by atoms with Gasteiger partial charge in [0.2, 0.25) is 0 Å². The number of fused-ring (bicyclic) bond motifs is 15. The van der Waals surface area contributed by atoms with Gasteiger partial charge in [0.1, 0.15) is 11.2 Å². The average Bonchev–Trinajstić information content (AvgIpc) is 3.90. The fourth-order valence-electron chi connectivity index (χ4n) is 8.96. The number of aromatic nitrogens is 2. The van der Waals surface area contributed by atoms with E-state index in [-0.39, 0.29) is 0 Å². The minimum Gasteiger partial charge on any atom is -0.455 e. The Labute approximate surface area is 280 Å². The molecule has 0 atom stereocenters. The molecule has 0 radical (unpaired) electrons. The number of benzene rings is 8. The topological polar surface area (TPSA) is 23.0 Å². The maximum Gasteiger partial charge on any atom is 0.146 e. The van der Waals surface area contributed by atoms with Crippen LogP contribution in [0.5, 0.6) is 0 Å². The first-order valence-electron chi connectivity index (χ1n) is 16.9. The lowest BCUT2D eigenvalue weighted by Gasteiger charge is -2.15. The highest BCUT2D eigenvalue weighted by Crippen LogP contribution is 2.52. The van der Waals surface area contributed by atoms with Crippen LogP contribution in [0.2, 0.25) is 0 Å². The van der Waals surface area contributed by atoms with E-state index in [0.717, 1.165) is 38.7 Å². The zero-order valence-corrected chi connectivity index (χ0v) is 26.3. The molecule has 226 valence electrons. The molecule has 0 bridgehead atoms. The minimum absolute atomic E-state index is 0.905. The second kappa shape index (κ2) is 9.06. The van der Waals surface area contributed by atoms with Gasteiger partial charge in [-0.05, 0) is 64.0 Å². The van der Waals surface area contributed by atoms with Crippen molar-refractivity contribution in [1.29, 1.82) is 0 Å². The fraction of sp³-hybridized carbons (Fsp3) is 0. The van der Waals surface area contributed by atoms with Crippen molar-refractivity contribution in [2.75, 3.05) is 0 Å². The molecule has 12 rings (SSSR count). The summed E-state index contributed by atoms with van der Waals surface area (Å²) in [5, 5.41) is 9.62. The van der Waals surface area contributed by atoms with Crippen LogP contribution in [0.25, 0.3) is 110 Å². The Kier molecular flexibility index (Phi) is 4.72. The molecule has 3 heterocycles. The number of rotatable bonds is 2. The van der Waals surface area contributed by atoms with Gasteiger partial charge < -0.3 is 13.6 Å². The average molecular weight is 623 g/mol. The Morgan fingerprint density at radius 3 is 1.71 bits per heavy atom. The van der Waals surface area contributed by atoms with Crippen molar-refractivity contribution >= 4 is 76.3 Å². The van der Waals surface area contributed by atoms with Crippen LogP contribution >= 0.6 is 0 Å². The molecule has 0 saturated heterocycles. The Morgan fingerprint density at radius 2 is 0.918 bits per heavy atom. The van der Waals surface area contributed by atoms with Gasteiger partial charge in [-0.3, -0.25) is 0 Å². The zero-order valence-electron chi connectivity index (χ0n) is 26.3. The van der Waals surface area contributed by atoms with Crippen molar-refractivity contribution in [3.05, 3.63) is 158 Å². The molecular formula is C46H26N2O. The summed E-state index contributed by atoms with van der Waals surface area (Å²) in [5.41, 5.74) is 14.0. The van der Waals surface area contributed by atoms with Crippen LogP contribution in [0.1, 0.15) is 0 Å². The Hall–Kier alpha value is -6.58. The summed E-state index contributed by atoms with van der Waals surface area (Å²) in [4.78, 5) is 0. The molecule has 1 aliphatic carbocycles. The van der Waals surface area contributed by atoms with Crippen molar-refractivity contribution in [3.8, 4) is 33.6 Å². The van der Waals surface area contributed by atoms with E-state index in [9.17, 15) is 0 Å². The standard InChI is InChI=1S/C46H26N2O/c1-2-13-27(14-3-1)47-36-22-9-6-17-33(36)41-42-35-19-8-11-24-39(35)49-46(42)43-34-18-7-10-23-37(34)48(45(43)44(41)47)38-26-25-31-29-16-5-4-15-28(29)30-20-12-21-32(38)40(30)31/h1-26H. The number of para-hydroxylation sites is 4. The molecule has 1 aliphatic rings. The molecule has 0 aliphatic heterocycles. The van der Waals surface area contributed by atoms with Gasteiger partial charge in [-0.15, -0.1) is 0 Å². The molecule has 0 amide bonds. The summed E-state index contributed by atoms with van der Waals surface area (Å²) in [6.45, 7) is 0. The largest absolute Gasteiger partial charge is 0.455 e. The number of hydrogen-bond donors (Lipinski definition) is 0. The SMILES string of the molecule is c1ccc(-n2c3ccccc3c3c4c5ccccc5oc4c4c5ccccc5n(-c5ccc6c7c(cccc57)-c5ccccc5-6)c4c32)cc1. The Morgan fingerprint density at radius 1 is 0.347 bits per heavy atom. The lowest BCUT2D eigenvalue weighted by Crippen LogP contribution is -1.99. The summed E-state index contributed by atoms with van der Waals surface area (Å²) in [7, 11) is 0. The lowest BCUT2D eigenvalue weighted by molar-refractivity contribution is 0.673. The minimum atomic E-state index is 0.905. The van der Waals surface area contributed by atoms with E-state index in [1.165, 1.54) is 71.3 Å². The molecule has 0 fully saturated rings. The van der Waals surface area contributed by atoms with Crippen LogP contribution < -0.4 is 0 Å². The van der Waals surface area contributed by atoms with Gasteiger partial charge >= 0.3 is 0 Å². The monoisotopic (exact) mass is 622 g/mol. The second-order valence-electron chi connectivity index (χ2n) is 13.2. The highest BCUT2D eigenvalue weighted by atomic mass is 16.3. The second-order valence-corrected chi connectivity index (χ2v) is 13.2. The van der Waals surface area contributed by atoms with Gasteiger partial charge in [-0.1, -0.05) is 121 Å². The van der Waals surface area contributed by atoms with Gasteiger partial charge in [-0.25, -0.2) is 0 Å². The normalized spacial score (nSPS) is 12.5. The van der Waals surface area contributed by atoms with Crippen LogP contribution in [0.4, 0.5) is 0 Å². The molecule has 11 aromatic rings. The van der Waals surface area contributed by atoms with Crippen molar-refractivity contribution in [2.24, 2.45) is 0 Å². The molecule has 0 spiro atoms. The van der Waals surface area contributed by atoms with E-state index in [4.69, 9.17) is 4.42 Å². The summed E-state index contributed by atoms with van der Waals surface area (Å²) < 4.78 is 11.9. The summed E-state index contributed by atoms with van der Waals surface area (Å²) in [6, 6.07) is 57.2. The molecule has 0 N–H and O–H groups in total. The zero-order chi connectivity index (χ0) is 31.8. The Bertz CT molecular complexity index is 3180. The number of furan rings is 1. The van der Waals surface area contributed by atoms with Crippen LogP contribution in [0, 0.1) is 0 Å². The fourth-order valence-corrected chi connectivity index (χ4v) is 8.96. The molecule has 49 heavy (non-hydrogen) atoms. The van der Waals surface area contributed by atoms with Crippen molar-refractivity contribution in [1.82, 2.24) is 9.13 Å². The third-order valence-electron chi connectivity index (χ3n) is 10.8. The smallest absolute Gasteiger partial charge is 0.146 e. The lowest BCUT2D eigenvalue weighted by atomic mass is 10.0. The third kappa shape index (κ3) is 3.09. The summed E-state index contributed by atoms with van der Waals surface area (Å²) >= 11 is 0. The predicted molar refractivity (Wildman–Crippen MR) is 204 cm³/mol. The molecule has 3 heteroatoms. The van der Waals surface area contributed by atoms with Gasteiger partial charge in [0, 0.05) is 38.0 Å². The quantitative estimate of drug-likeness (QED) is 0.188. The van der Waals surface area contributed by atoms with Gasteiger partial charge in [-0.2, -0.15) is 0 Å². The van der Waals surface area contributed by atoms with E-state index in [1.807, 2.05) is 0 Å². The number of nitrogens with zero attached hydrogens (tertiary/aromatic N) is 2. The van der Waals surface area contributed by atoms with Crippen LogP contribution in [0.3, 0.4) is 0 Å². The van der Waals surface area contributed by atoms with E-state index >= 15 is 0 Å². The van der Waals surface area contributed by atoms with Crippen LogP contribution in [0.15, 0.2) is 162 Å². The molecule has 3 nitrogen and oxygen atoms in total. The van der Waals surface area contributed by atoms with E-state index < -0.39 is 0 Å². The molecule has 0 saturated carbocycles. The predicted octanol–water partition coefficient (Wildman–Crippen LogP) is 12.6. The van der Waals surface area contributed by atoms with Crippen LogP contribution in [-0.2, 0) is 0 Å². The molecule has 8 aromatic carbocycles. The summed E-state index contributed by atoms with van der Waals surface area (Å²) in [6.07, 6.45) is 0. The first kappa shape index (κ1) is 25.5. The van der Waals surface area contributed by atoms with Crippen molar-refractivity contribution in [3.63, 3.8) is 0 Å². The van der Waals surface area contributed by atoms with Crippen molar-refractivity contribution < 1.29 is 4.42 Å². The Balaban J connectivity index is 1.39. The maximum absolute atomic E-state index is 6.95. The first-order valence-corrected chi connectivity index (χ1v) is 16.9. The van der Waals surface area contributed by atoms with E-state index in [2.05, 4.69) is 167 Å². The third-order valence-corrected chi connectivity index (χ3v) is 10.8. The van der Waals surface area contributed by atoms with E-state index in [0.29, 0.717) is 0 Å². The van der Waals surface area contributed by atoms with Gasteiger partial charge in [0.15, 0.2) is 0 Å². The van der Waals surface area contributed by atoms with Gasteiger partial charge in [0.05, 0.1) is 33.1 Å². The maximum atomic E-state index is 6.95. The highest BCUT2D eigenvalue weighted by Gasteiger charge is 2.29. The first-order chi connectivity index (χ1) is 24.4. The molecular weight excluding hydrogens is 597 g/mol. The molecule has 3 aromatic heterocycles. The van der Waals surface area contributed by atoms with Crippen molar-refractivity contribution in [2.45, 2.75) is 0 Å². The summed E-state index contributed by atoms with van der Waals surface area (Å²) in [5.74, 6) is 0. The van der Waals surface area contributed by atoms with E-state index in [1.54, 1.807) is 0 Å².